The van der Waals surface area contributed by atoms with E-state index in [1.165, 1.54) is 6.92 Å². The summed E-state index contributed by atoms with van der Waals surface area (Å²) in [6, 6.07) is 11.7. The molecule has 2 aromatic rings. The van der Waals surface area contributed by atoms with Gasteiger partial charge in [-0.25, -0.2) is 4.79 Å². The highest BCUT2D eigenvalue weighted by Crippen LogP contribution is 2.26. The Morgan fingerprint density at radius 1 is 1.08 bits per heavy atom. The minimum absolute atomic E-state index is 0.0605. The largest absolute Gasteiger partial charge is 0.490 e. The fourth-order valence-electron chi connectivity index (χ4n) is 1.99. The van der Waals surface area contributed by atoms with Crippen LogP contribution >= 0.6 is 15.9 Å². The maximum Gasteiger partial charge on any atom is 0.347 e. The quantitative estimate of drug-likeness (QED) is 0.605. The molecule has 6 heteroatoms. The summed E-state index contributed by atoms with van der Waals surface area (Å²) in [5.41, 5.74) is 0.970. The highest BCUT2D eigenvalue weighted by Gasteiger charge is 2.16. The zero-order valence-corrected chi connectivity index (χ0v) is 15.2. The zero-order valence-electron chi connectivity index (χ0n) is 13.6. The first-order valence-corrected chi connectivity index (χ1v) is 8.20. The normalized spacial score (nSPS) is 10.4. The minimum atomic E-state index is -0.515. The van der Waals surface area contributed by atoms with Crippen molar-refractivity contribution >= 4 is 33.5 Å². The highest BCUT2D eigenvalue weighted by molar-refractivity contribution is 9.10. The predicted molar refractivity (Wildman–Crippen MR) is 95.6 cm³/mol. The number of halogens is 1. The summed E-state index contributed by atoms with van der Waals surface area (Å²) >= 11 is 3.35. The van der Waals surface area contributed by atoms with Gasteiger partial charge in [-0.15, -0.1) is 0 Å². The van der Waals surface area contributed by atoms with Gasteiger partial charge in [-0.1, -0.05) is 15.9 Å². The molecule has 0 bridgehead atoms. The Labute approximate surface area is 149 Å². The molecule has 0 saturated carbocycles. The molecule has 2 aromatic carbocycles. The summed E-state index contributed by atoms with van der Waals surface area (Å²) in [5, 5.41) is 2.65. The summed E-state index contributed by atoms with van der Waals surface area (Å²) in [5.74, 6) is 0.168. The second kappa shape index (κ2) is 7.97. The lowest BCUT2D eigenvalue weighted by Crippen LogP contribution is -2.14. The van der Waals surface area contributed by atoms with Gasteiger partial charge in [0.15, 0.2) is 0 Å². The summed E-state index contributed by atoms with van der Waals surface area (Å²) < 4.78 is 11.8. The lowest BCUT2D eigenvalue weighted by Gasteiger charge is -2.14. The Balaban J connectivity index is 2.17. The van der Waals surface area contributed by atoms with E-state index >= 15 is 0 Å². The Kier molecular flexibility index (Phi) is 5.98. The second-order valence-electron chi connectivity index (χ2n) is 5.40. The molecule has 1 amide bonds. The third kappa shape index (κ3) is 5.09. The summed E-state index contributed by atoms with van der Waals surface area (Å²) in [6.07, 6.45) is -0.0605. The molecule has 0 unspecified atom stereocenters. The van der Waals surface area contributed by atoms with Crippen LogP contribution in [0.2, 0.25) is 0 Å². The van der Waals surface area contributed by atoms with E-state index in [1.54, 1.807) is 42.5 Å². The monoisotopic (exact) mass is 391 g/mol. The number of benzene rings is 2. The molecule has 0 heterocycles. The van der Waals surface area contributed by atoms with Crippen LogP contribution in [0.3, 0.4) is 0 Å². The molecule has 0 aromatic heterocycles. The van der Waals surface area contributed by atoms with E-state index in [1.807, 2.05) is 13.8 Å². The van der Waals surface area contributed by atoms with Crippen LogP contribution in [0.15, 0.2) is 46.9 Å². The molecule has 0 aliphatic carbocycles. The Bertz CT molecular complexity index is 741. The number of carbonyl (C=O) groups is 2. The molecule has 0 spiro atoms. The van der Waals surface area contributed by atoms with Crippen molar-refractivity contribution in [2.24, 2.45) is 0 Å². The molecule has 0 atom stereocenters. The molecular weight excluding hydrogens is 374 g/mol. The van der Waals surface area contributed by atoms with Crippen molar-refractivity contribution in [2.45, 2.75) is 26.9 Å². The van der Waals surface area contributed by atoms with Crippen LogP contribution in [0.25, 0.3) is 0 Å². The van der Waals surface area contributed by atoms with Gasteiger partial charge in [0, 0.05) is 17.1 Å². The number of carbonyl (C=O) groups excluding carboxylic acids is 2. The van der Waals surface area contributed by atoms with Gasteiger partial charge in [-0.05, 0) is 56.3 Å². The molecule has 0 saturated heterocycles. The first kappa shape index (κ1) is 18.0. The van der Waals surface area contributed by atoms with Crippen LogP contribution in [-0.2, 0) is 4.79 Å². The third-order valence-corrected chi connectivity index (χ3v) is 3.40. The predicted octanol–water partition coefficient (Wildman–Crippen LogP) is 4.41. The lowest BCUT2D eigenvalue weighted by atomic mass is 10.2. The Hall–Kier alpha value is -2.34. The van der Waals surface area contributed by atoms with Gasteiger partial charge < -0.3 is 14.8 Å². The number of ether oxygens (including phenoxy) is 2. The second-order valence-corrected chi connectivity index (χ2v) is 6.32. The van der Waals surface area contributed by atoms with Gasteiger partial charge in [0.2, 0.25) is 5.91 Å². The van der Waals surface area contributed by atoms with Crippen LogP contribution in [0, 0.1) is 0 Å². The molecule has 0 aliphatic heterocycles. The SMILES string of the molecule is CC(=O)Nc1ccc(OC(=O)c2cc(Br)ccc2OC(C)C)cc1. The Morgan fingerprint density at radius 2 is 1.75 bits per heavy atom. The lowest BCUT2D eigenvalue weighted by molar-refractivity contribution is -0.114. The van der Waals surface area contributed by atoms with Crippen molar-refractivity contribution in [1.29, 1.82) is 0 Å². The molecular formula is C18H18BrNO4. The van der Waals surface area contributed by atoms with Gasteiger partial charge in [-0.2, -0.15) is 0 Å². The average Bonchev–Trinajstić information content (AvgIpc) is 2.50. The van der Waals surface area contributed by atoms with Gasteiger partial charge in [0.1, 0.15) is 17.1 Å². The van der Waals surface area contributed by atoms with Crippen molar-refractivity contribution in [3.63, 3.8) is 0 Å². The number of esters is 1. The fraction of sp³-hybridized carbons (Fsp3) is 0.222. The molecule has 0 radical (unpaired) electrons. The molecule has 2 rings (SSSR count). The number of anilines is 1. The minimum Gasteiger partial charge on any atom is -0.490 e. The van der Waals surface area contributed by atoms with Crippen molar-refractivity contribution in [3.05, 3.63) is 52.5 Å². The first-order chi connectivity index (χ1) is 11.3. The maximum absolute atomic E-state index is 12.4. The summed E-state index contributed by atoms with van der Waals surface area (Å²) in [6.45, 7) is 5.20. The summed E-state index contributed by atoms with van der Waals surface area (Å²) in [4.78, 5) is 23.4. The number of rotatable bonds is 5. The molecule has 0 fully saturated rings. The summed E-state index contributed by atoms with van der Waals surface area (Å²) in [7, 11) is 0. The van der Waals surface area contributed by atoms with Crippen LogP contribution < -0.4 is 14.8 Å². The molecule has 5 nitrogen and oxygen atoms in total. The van der Waals surface area contributed by atoms with Gasteiger partial charge >= 0.3 is 5.97 Å². The van der Waals surface area contributed by atoms with Crippen molar-refractivity contribution in [2.75, 3.05) is 5.32 Å². The van der Waals surface area contributed by atoms with Crippen LogP contribution in [0.1, 0.15) is 31.1 Å². The average molecular weight is 392 g/mol. The van der Waals surface area contributed by atoms with Crippen molar-refractivity contribution in [1.82, 2.24) is 0 Å². The number of hydrogen-bond donors (Lipinski definition) is 1. The van der Waals surface area contributed by atoms with Crippen LogP contribution in [0.4, 0.5) is 5.69 Å². The molecule has 0 aliphatic rings. The van der Waals surface area contributed by atoms with E-state index in [0.29, 0.717) is 22.7 Å². The molecule has 1 N–H and O–H groups in total. The first-order valence-electron chi connectivity index (χ1n) is 7.41. The van der Waals surface area contributed by atoms with Gasteiger partial charge in [0.25, 0.3) is 0 Å². The van der Waals surface area contributed by atoms with E-state index in [9.17, 15) is 9.59 Å². The third-order valence-electron chi connectivity index (χ3n) is 2.91. The van der Waals surface area contributed by atoms with Crippen LogP contribution in [0.5, 0.6) is 11.5 Å². The van der Waals surface area contributed by atoms with Gasteiger partial charge in [-0.3, -0.25) is 4.79 Å². The van der Waals surface area contributed by atoms with Gasteiger partial charge in [0.05, 0.1) is 6.10 Å². The number of hydrogen-bond acceptors (Lipinski definition) is 4. The van der Waals surface area contributed by atoms with Crippen LogP contribution in [-0.4, -0.2) is 18.0 Å². The highest BCUT2D eigenvalue weighted by atomic mass is 79.9. The maximum atomic E-state index is 12.4. The fourth-order valence-corrected chi connectivity index (χ4v) is 2.35. The molecule has 24 heavy (non-hydrogen) atoms. The Morgan fingerprint density at radius 3 is 2.33 bits per heavy atom. The zero-order chi connectivity index (χ0) is 17.7. The van der Waals surface area contributed by atoms with E-state index in [-0.39, 0.29) is 12.0 Å². The van der Waals surface area contributed by atoms with Crippen molar-refractivity contribution < 1.29 is 19.1 Å². The van der Waals surface area contributed by atoms with E-state index in [0.717, 1.165) is 4.47 Å². The van der Waals surface area contributed by atoms with E-state index in [4.69, 9.17) is 9.47 Å². The smallest absolute Gasteiger partial charge is 0.347 e. The van der Waals surface area contributed by atoms with Crippen molar-refractivity contribution in [3.8, 4) is 11.5 Å². The number of nitrogens with one attached hydrogen (secondary N) is 1. The number of amides is 1. The topological polar surface area (TPSA) is 64.6 Å². The molecule has 126 valence electrons. The van der Waals surface area contributed by atoms with E-state index in [2.05, 4.69) is 21.2 Å². The standard InChI is InChI=1S/C18H18BrNO4/c1-11(2)23-17-9-4-13(19)10-16(17)18(22)24-15-7-5-14(6-8-15)20-12(3)21/h4-11H,1-3H3,(H,20,21). The van der Waals surface area contributed by atoms with E-state index < -0.39 is 5.97 Å².